The van der Waals surface area contributed by atoms with Crippen LogP contribution in [0.5, 0.6) is 5.75 Å². The SMILES string of the molecule is CCOc1ccccc1-c1nc(C2CC(=O)N(Cc3ccc(CC)cc3)C2)no1. The summed E-state index contributed by atoms with van der Waals surface area (Å²) in [5, 5.41) is 4.15. The molecule has 1 atom stereocenters. The fourth-order valence-corrected chi connectivity index (χ4v) is 3.63. The van der Waals surface area contributed by atoms with Crippen LogP contribution in [-0.4, -0.2) is 34.1 Å². The monoisotopic (exact) mass is 391 g/mol. The van der Waals surface area contributed by atoms with Crippen LogP contribution >= 0.6 is 0 Å². The lowest BCUT2D eigenvalue weighted by atomic mass is 10.1. The number of para-hydroxylation sites is 1. The molecule has 1 unspecified atom stereocenters. The Morgan fingerprint density at radius 2 is 1.86 bits per heavy atom. The minimum atomic E-state index is -0.0610. The van der Waals surface area contributed by atoms with Gasteiger partial charge in [0.25, 0.3) is 5.89 Å². The normalized spacial score (nSPS) is 16.4. The lowest BCUT2D eigenvalue weighted by Crippen LogP contribution is -2.24. The lowest BCUT2D eigenvalue weighted by Gasteiger charge is -2.16. The minimum absolute atomic E-state index is 0.0610. The number of amides is 1. The molecule has 1 fully saturated rings. The van der Waals surface area contributed by atoms with Crippen LogP contribution in [0.1, 0.15) is 43.1 Å². The first-order valence-corrected chi connectivity index (χ1v) is 10.1. The Morgan fingerprint density at radius 1 is 1.10 bits per heavy atom. The molecular formula is C23H25N3O3. The zero-order valence-corrected chi connectivity index (χ0v) is 16.8. The van der Waals surface area contributed by atoms with E-state index in [9.17, 15) is 4.79 Å². The molecule has 0 saturated carbocycles. The molecule has 0 aliphatic carbocycles. The van der Waals surface area contributed by atoms with Gasteiger partial charge in [0.05, 0.1) is 12.2 Å². The summed E-state index contributed by atoms with van der Waals surface area (Å²) in [6.45, 7) is 5.83. The molecule has 0 bridgehead atoms. The molecule has 0 spiro atoms. The van der Waals surface area contributed by atoms with Crippen molar-refractivity contribution in [1.82, 2.24) is 15.0 Å². The average molecular weight is 391 g/mol. The highest BCUT2D eigenvalue weighted by Crippen LogP contribution is 2.32. The van der Waals surface area contributed by atoms with E-state index in [1.807, 2.05) is 36.1 Å². The van der Waals surface area contributed by atoms with E-state index in [1.54, 1.807) is 0 Å². The van der Waals surface area contributed by atoms with Crippen LogP contribution < -0.4 is 4.74 Å². The van der Waals surface area contributed by atoms with Gasteiger partial charge in [-0.3, -0.25) is 4.79 Å². The van der Waals surface area contributed by atoms with E-state index in [1.165, 1.54) is 5.56 Å². The number of nitrogens with zero attached hydrogens (tertiary/aromatic N) is 3. The Kier molecular flexibility index (Phi) is 5.60. The van der Waals surface area contributed by atoms with E-state index in [0.717, 1.165) is 17.5 Å². The van der Waals surface area contributed by atoms with Crippen LogP contribution in [0, 0.1) is 0 Å². The molecule has 2 aromatic carbocycles. The van der Waals surface area contributed by atoms with E-state index < -0.39 is 0 Å². The first kappa shape index (κ1) is 19.2. The second-order valence-electron chi connectivity index (χ2n) is 7.23. The quantitative estimate of drug-likeness (QED) is 0.603. The van der Waals surface area contributed by atoms with Gasteiger partial charge >= 0.3 is 0 Å². The second kappa shape index (κ2) is 8.47. The molecule has 1 amide bonds. The maximum Gasteiger partial charge on any atom is 0.261 e. The molecule has 1 saturated heterocycles. The number of hydrogen-bond donors (Lipinski definition) is 0. The molecule has 2 heterocycles. The van der Waals surface area contributed by atoms with Crippen molar-refractivity contribution in [2.45, 2.75) is 39.2 Å². The number of hydrogen-bond acceptors (Lipinski definition) is 5. The summed E-state index contributed by atoms with van der Waals surface area (Å²) in [5.74, 6) is 1.77. The van der Waals surface area contributed by atoms with E-state index in [0.29, 0.717) is 43.6 Å². The van der Waals surface area contributed by atoms with E-state index in [-0.39, 0.29) is 11.8 Å². The standard InChI is InChI=1S/C23H25N3O3/c1-3-16-9-11-17(12-10-16)14-26-15-18(13-21(26)27)22-24-23(29-25-22)19-7-5-6-8-20(19)28-4-2/h5-12,18H,3-4,13-15H2,1-2H3. The highest BCUT2D eigenvalue weighted by molar-refractivity contribution is 5.79. The molecular weight excluding hydrogens is 366 g/mol. The van der Waals surface area contributed by atoms with Gasteiger partial charge in [-0.2, -0.15) is 4.98 Å². The van der Waals surface area contributed by atoms with Crippen molar-refractivity contribution < 1.29 is 14.1 Å². The maximum absolute atomic E-state index is 12.5. The van der Waals surface area contributed by atoms with Gasteiger partial charge in [0.15, 0.2) is 5.82 Å². The zero-order valence-electron chi connectivity index (χ0n) is 16.8. The molecule has 0 radical (unpaired) electrons. The first-order valence-electron chi connectivity index (χ1n) is 10.1. The largest absolute Gasteiger partial charge is 0.493 e. The van der Waals surface area contributed by atoms with E-state index in [4.69, 9.17) is 9.26 Å². The number of likely N-dealkylation sites (tertiary alicyclic amines) is 1. The summed E-state index contributed by atoms with van der Waals surface area (Å²) in [4.78, 5) is 19.0. The Hall–Kier alpha value is -3.15. The molecule has 6 nitrogen and oxygen atoms in total. The number of carbonyl (C=O) groups excluding carboxylic acids is 1. The molecule has 6 heteroatoms. The topological polar surface area (TPSA) is 68.5 Å². The highest BCUT2D eigenvalue weighted by atomic mass is 16.5. The van der Waals surface area contributed by atoms with Crippen molar-refractivity contribution in [2.24, 2.45) is 0 Å². The van der Waals surface area contributed by atoms with Crippen molar-refractivity contribution in [3.8, 4) is 17.2 Å². The minimum Gasteiger partial charge on any atom is -0.493 e. The van der Waals surface area contributed by atoms with Crippen LogP contribution in [0.3, 0.4) is 0 Å². The molecule has 4 rings (SSSR count). The smallest absolute Gasteiger partial charge is 0.261 e. The van der Waals surface area contributed by atoms with E-state index >= 15 is 0 Å². The van der Waals surface area contributed by atoms with Crippen LogP contribution in [0.15, 0.2) is 53.1 Å². The van der Waals surface area contributed by atoms with Crippen molar-refractivity contribution in [3.05, 3.63) is 65.5 Å². The Labute approximate surface area is 170 Å². The van der Waals surface area contributed by atoms with Crippen LogP contribution in [0.25, 0.3) is 11.5 Å². The molecule has 150 valence electrons. The molecule has 1 aliphatic rings. The van der Waals surface area contributed by atoms with Gasteiger partial charge in [-0.15, -0.1) is 0 Å². The number of aryl methyl sites for hydroxylation is 1. The maximum atomic E-state index is 12.5. The second-order valence-corrected chi connectivity index (χ2v) is 7.23. The highest BCUT2D eigenvalue weighted by Gasteiger charge is 2.34. The predicted molar refractivity (Wildman–Crippen MR) is 109 cm³/mol. The van der Waals surface area contributed by atoms with Gasteiger partial charge in [-0.05, 0) is 36.6 Å². The number of aromatic nitrogens is 2. The number of carbonyl (C=O) groups is 1. The first-order chi connectivity index (χ1) is 14.2. The van der Waals surface area contributed by atoms with Crippen LogP contribution in [0.2, 0.25) is 0 Å². The molecule has 1 aliphatic heterocycles. The van der Waals surface area contributed by atoms with Gasteiger partial charge in [0.1, 0.15) is 5.75 Å². The third-order valence-electron chi connectivity index (χ3n) is 5.24. The summed E-state index contributed by atoms with van der Waals surface area (Å²) < 4.78 is 11.1. The number of rotatable bonds is 7. The number of ether oxygens (including phenoxy) is 1. The number of benzene rings is 2. The molecule has 3 aromatic rings. The third kappa shape index (κ3) is 4.16. The summed E-state index contributed by atoms with van der Waals surface area (Å²) in [6, 6.07) is 16.0. The fourth-order valence-electron chi connectivity index (χ4n) is 3.63. The Morgan fingerprint density at radius 3 is 2.62 bits per heavy atom. The van der Waals surface area contributed by atoms with Crippen molar-refractivity contribution in [2.75, 3.05) is 13.2 Å². The molecule has 1 aromatic heterocycles. The van der Waals surface area contributed by atoms with Crippen LogP contribution in [-0.2, 0) is 17.8 Å². The zero-order chi connectivity index (χ0) is 20.2. The van der Waals surface area contributed by atoms with Crippen LogP contribution in [0.4, 0.5) is 0 Å². The summed E-state index contributed by atoms with van der Waals surface area (Å²) in [7, 11) is 0. The third-order valence-corrected chi connectivity index (χ3v) is 5.24. The average Bonchev–Trinajstić information content (AvgIpc) is 3.37. The van der Waals surface area contributed by atoms with Gasteiger partial charge < -0.3 is 14.2 Å². The summed E-state index contributed by atoms with van der Waals surface area (Å²) >= 11 is 0. The Bertz CT molecular complexity index is 981. The van der Waals surface area contributed by atoms with Gasteiger partial charge in [-0.25, -0.2) is 0 Å². The lowest BCUT2D eigenvalue weighted by molar-refractivity contribution is -0.128. The van der Waals surface area contributed by atoms with Gasteiger partial charge in [0, 0.05) is 25.4 Å². The molecule has 29 heavy (non-hydrogen) atoms. The van der Waals surface area contributed by atoms with E-state index in [2.05, 4.69) is 41.3 Å². The van der Waals surface area contributed by atoms with Crippen molar-refractivity contribution >= 4 is 5.91 Å². The van der Waals surface area contributed by atoms with Crippen molar-refractivity contribution in [3.63, 3.8) is 0 Å². The predicted octanol–water partition coefficient (Wildman–Crippen LogP) is 4.21. The summed E-state index contributed by atoms with van der Waals surface area (Å²) in [6.07, 6.45) is 1.41. The van der Waals surface area contributed by atoms with Crippen molar-refractivity contribution in [1.29, 1.82) is 0 Å². The van der Waals surface area contributed by atoms with Gasteiger partial charge in [-0.1, -0.05) is 48.5 Å². The fraction of sp³-hybridized carbons (Fsp3) is 0.348. The van der Waals surface area contributed by atoms with Gasteiger partial charge in [0.2, 0.25) is 5.91 Å². The summed E-state index contributed by atoms with van der Waals surface area (Å²) in [5.41, 5.74) is 3.20. The Balaban J connectivity index is 1.47. The molecule has 0 N–H and O–H groups in total.